The standard InChI is InChI=1S/2C62H39N3/c1-3-17-40(18-4-1)41-33-35-44(36-34-41)60-63-59(43-20-5-2-6-21-43)64-61(65-60)46-23-15-22-45(39-46)57-47-24-8-7-19-42(47)37-38-51(57)50-28-16-32-56-58(50)52-27-11-14-31-55(52)62(56)53-29-12-9-25-48(53)49-26-10-13-30-54(49)62;1-3-16-40(17-4-1)41-30-32-44(33-31-41)60-63-59(43-19-5-2-6-20-43)64-61(65-60)47-22-15-21-46(38-47)58-48-23-8-7-18-42(48)34-36-49(58)45-35-37-53-52-26-11-14-29-56(52)62(57(53)39-45)54-27-12-9-24-50(54)51-25-10-13-28-55(51)62/h2*1-39H. The Morgan fingerprint density at radius 1 is 0.123 bits per heavy atom. The molecule has 0 atom stereocenters. The molecule has 0 saturated heterocycles. The molecule has 0 saturated carbocycles. The molecule has 22 aromatic rings. The second kappa shape index (κ2) is 31.0. The fourth-order valence-corrected chi connectivity index (χ4v) is 21.5. The topological polar surface area (TPSA) is 77.3 Å². The van der Waals surface area contributed by atoms with Crippen molar-refractivity contribution in [3.05, 3.63) is 518 Å². The van der Waals surface area contributed by atoms with Crippen molar-refractivity contribution in [3.8, 4) is 180 Å². The Morgan fingerprint density at radius 2 is 0.369 bits per heavy atom. The molecule has 0 unspecified atom stereocenters. The van der Waals surface area contributed by atoms with Crippen LogP contribution in [0.15, 0.2) is 473 Å². The first kappa shape index (κ1) is 75.5. The van der Waals surface area contributed by atoms with E-state index in [1.54, 1.807) is 0 Å². The van der Waals surface area contributed by atoms with E-state index in [0.717, 1.165) is 55.6 Å². The minimum absolute atomic E-state index is 0.430. The molecule has 0 radical (unpaired) electrons. The van der Waals surface area contributed by atoms with E-state index in [-0.39, 0.29) is 0 Å². The maximum atomic E-state index is 5.21. The molecule has 2 spiro atoms. The fraction of sp³-hybridized carbons (Fsp3) is 0.0161. The van der Waals surface area contributed by atoms with Gasteiger partial charge in [0.15, 0.2) is 34.9 Å². The third kappa shape index (κ3) is 12.2. The molecule has 2 aromatic heterocycles. The molecule has 20 aromatic carbocycles. The SMILES string of the molecule is c1ccc(-c2ccc(-c3nc(-c4ccccc4)nc(-c4cccc(-c5c(-c6ccc7c(c6)C6(c8ccccc8-c8ccccc86)c6ccccc6-7)ccc6ccccc56)c4)n3)cc2)cc1.c1ccc(-c2ccc(-c3nc(-c4ccccc4)nc(-c4cccc(-c5c(-c6cccc7c6-c6ccccc6C76c7ccccc7-c7ccccc76)ccc6ccccc56)c4)n3)cc2)cc1. The summed E-state index contributed by atoms with van der Waals surface area (Å²) in [5.41, 5.74) is 39.7. The summed E-state index contributed by atoms with van der Waals surface area (Å²) in [4.78, 5) is 30.8. The molecule has 0 amide bonds. The van der Waals surface area contributed by atoms with Crippen LogP contribution in [0, 0.1) is 0 Å². The van der Waals surface area contributed by atoms with E-state index in [1.807, 2.05) is 48.5 Å². The van der Waals surface area contributed by atoms with Crippen molar-refractivity contribution in [3.63, 3.8) is 0 Å². The predicted molar refractivity (Wildman–Crippen MR) is 532 cm³/mol. The van der Waals surface area contributed by atoms with Gasteiger partial charge < -0.3 is 0 Å². The van der Waals surface area contributed by atoms with Gasteiger partial charge in [0.2, 0.25) is 0 Å². The number of rotatable bonds is 12. The number of aromatic nitrogens is 6. The van der Waals surface area contributed by atoms with Crippen LogP contribution in [0.1, 0.15) is 44.5 Å². The van der Waals surface area contributed by atoms with Crippen molar-refractivity contribution < 1.29 is 0 Å². The lowest BCUT2D eigenvalue weighted by Crippen LogP contribution is -2.25. The molecule has 0 aliphatic heterocycles. The van der Waals surface area contributed by atoms with Gasteiger partial charge in [-0.05, 0) is 196 Å². The van der Waals surface area contributed by atoms with E-state index in [4.69, 9.17) is 29.9 Å². The molecule has 0 fully saturated rings. The maximum Gasteiger partial charge on any atom is 0.164 e. The second-order valence-electron chi connectivity index (χ2n) is 34.1. The average molecular weight is 1650 g/mol. The van der Waals surface area contributed by atoms with Gasteiger partial charge in [-0.15, -0.1) is 0 Å². The van der Waals surface area contributed by atoms with Crippen molar-refractivity contribution >= 4 is 21.5 Å². The van der Waals surface area contributed by atoms with Gasteiger partial charge >= 0.3 is 0 Å². The summed E-state index contributed by atoms with van der Waals surface area (Å²) in [6, 6.07) is 171. The molecule has 6 heteroatoms. The summed E-state index contributed by atoms with van der Waals surface area (Å²) < 4.78 is 0. The van der Waals surface area contributed by atoms with Crippen LogP contribution in [0.3, 0.4) is 0 Å². The molecule has 26 rings (SSSR count). The predicted octanol–water partition coefficient (Wildman–Crippen LogP) is 30.7. The van der Waals surface area contributed by atoms with E-state index >= 15 is 0 Å². The van der Waals surface area contributed by atoms with Crippen LogP contribution in [-0.2, 0) is 10.8 Å². The number of hydrogen-bond acceptors (Lipinski definition) is 6. The lowest BCUT2D eigenvalue weighted by Gasteiger charge is -2.30. The third-order valence-electron chi connectivity index (χ3n) is 27.1. The molecule has 4 aliphatic carbocycles. The third-order valence-corrected chi connectivity index (χ3v) is 27.1. The molecule has 4 aliphatic rings. The number of hydrogen-bond donors (Lipinski definition) is 0. The highest BCUT2D eigenvalue weighted by Crippen LogP contribution is 2.66. The zero-order valence-corrected chi connectivity index (χ0v) is 70.7. The molecule has 2 heterocycles. The van der Waals surface area contributed by atoms with Gasteiger partial charge in [0, 0.05) is 33.4 Å². The largest absolute Gasteiger partial charge is 0.208 e. The van der Waals surface area contributed by atoms with E-state index in [9.17, 15) is 0 Å². The van der Waals surface area contributed by atoms with Crippen LogP contribution in [-0.4, -0.2) is 29.9 Å². The first-order chi connectivity index (χ1) is 64.5. The molecule has 130 heavy (non-hydrogen) atoms. The summed E-state index contributed by atoms with van der Waals surface area (Å²) in [5, 5.41) is 4.76. The number of fused-ring (bicyclic) bond motifs is 22. The van der Waals surface area contributed by atoms with Crippen molar-refractivity contribution in [2.75, 3.05) is 0 Å². The van der Waals surface area contributed by atoms with E-state index in [1.165, 1.54) is 155 Å². The lowest BCUT2D eigenvalue weighted by molar-refractivity contribution is 0.794. The van der Waals surface area contributed by atoms with Crippen LogP contribution in [0.4, 0.5) is 0 Å². The Kier molecular flexibility index (Phi) is 18.0. The monoisotopic (exact) mass is 1650 g/mol. The zero-order valence-electron chi connectivity index (χ0n) is 70.7. The van der Waals surface area contributed by atoms with Gasteiger partial charge in [0.05, 0.1) is 10.8 Å². The lowest BCUT2D eigenvalue weighted by atomic mass is 9.70. The van der Waals surface area contributed by atoms with Crippen LogP contribution >= 0.6 is 0 Å². The molecular formula is C124H78N6. The van der Waals surface area contributed by atoms with Crippen molar-refractivity contribution in [1.82, 2.24) is 29.9 Å². The van der Waals surface area contributed by atoms with Gasteiger partial charge in [-0.1, -0.05) is 455 Å². The Bertz CT molecular complexity index is 8060. The van der Waals surface area contributed by atoms with Gasteiger partial charge in [-0.3, -0.25) is 0 Å². The normalized spacial score (nSPS) is 12.7. The highest BCUT2D eigenvalue weighted by molar-refractivity contribution is 6.10. The first-order valence-electron chi connectivity index (χ1n) is 44.5. The smallest absolute Gasteiger partial charge is 0.164 e. The Balaban J connectivity index is 0.000000140. The van der Waals surface area contributed by atoms with Crippen molar-refractivity contribution in [2.24, 2.45) is 0 Å². The van der Waals surface area contributed by atoms with Crippen molar-refractivity contribution in [1.29, 1.82) is 0 Å². The maximum absolute atomic E-state index is 5.21. The molecule has 6 nitrogen and oxygen atoms in total. The summed E-state index contributed by atoms with van der Waals surface area (Å²) in [7, 11) is 0. The van der Waals surface area contributed by atoms with Gasteiger partial charge in [0.1, 0.15) is 0 Å². The minimum atomic E-state index is -0.430. The summed E-state index contributed by atoms with van der Waals surface area (Å²) in [5.74, 6) is 3.79. The van der Waals surface area contributed by atoms with Crippen molar-refractivity contribution in [2.45, 2.75) is 10.8 Å². The van der Waals surface area contributed by atoms with Gasteiger partial charge in [-0.2, -0.15) is 0 Å². The highest BCUT2D eigenvalue weighted by atomic mass is 15.0. The molecule has 604 valence electrons. The summed E-state index contributed by atoms with van der Waals surface area (Å²) >= 11 is 0. The summed E-state index contributed by atoms with van der Waals surface area (Å²) in [6.07, 6.45) is 0. The Labute approximate surface area is 754 Å². The van der Waals surface area contributed by atoms with Crippen LogP contribution in [0.2, 0.25) is 0 Å². The minimum Gasteiger partial charge on any atom is -0.208 e. The average Bonchev–Trinajstić information content (AvgIpc) is 1.51. The van der Waals surface area contributed by atoms with E-state index < -0.39 is 10.8 Å². The molecular weight excluding hydrogens is 1570 g/mol. The molecule has 0 bridgehead atoms. The molecule has 0 N–H and O–H groups in total. The fourth-order valence-electron chi connectivity index (χ4n) is 21.5. The second-order valence-corrected chi connectivity index (χ2v) is 34.1. The van der Waals surface area contributed by atoms with Crippen LogP contribution in [0.25, 0.3) is 201 Å². The number of benzene rings is 20. The van der Waals surface area contributed by atoms with Gasteiger partial charge in [-0.25, -0.2) is 29.9 Å². The van der Waals surface area contributed by atoms with Gasteiger partial charge in [0.25, 0.3) is 0 Å². The number of nitrogens with zero attached hydrogens (tertiary/aromatic N) is 6. The van der Waals surface area contributed by atoms with E-state index in [0.29, 0.717) is 34.9 Å². The van der Waals surface area contributed by atoms with Crippen LogP contribution in [0.5, 0.6) is 0 Å². The zero-order chi connectivity index (χ0) is 85.8. The van der Waals surface area contributed by atoms with E-state index in [2.05, 4.69) is 425 Å². The highest BCUT2D eigenvalue weighted by Gasteiger charge is 2.54. The first-order valence-corrected chi connectivity index (χ1v) is 44.5. The van der Waals surface area contributed by atoms with Crippen LogP contribution < -0.4 is 0 Å². The summed E-state index contributed by atoms with van der Waals surface area (Å²) in [6.45, 7) is 0. The Hall–Kier alpha value is -17.1. The Morgan fingerprint density at radius 3 is 0.792 bits per heavy atom. The quantitative estimate of drug-likeness (QED) is 0.121.